The van der Waals surface area contributed by atoms with Gasteiger partial charge in [0.2, 0.25) is 5.91 Å². The zero-order chi connectivity index (χ0) is 12.8. The normalized spacial score (nSPS) is 31.3. The predicted molar refractivity (Wildman–Crippen MR) is 78.4 cm³/mol. The summed E-state index contributed by atoms with van der Waals surface area (Å²) in [5, 5.41) is 3.05. The van der Waals surface area contributed by atoms with E-state index in [0.29, 0.717) is 18.3 Å². The number of hydrogen-bond donors (Lipinski definition) is 2. The molecule has 0 radical (unpaired) electrons. The third kappa shape index (κ3) is 5.67. The summed E-state index contributed by atoms with van der Waals surface area (Å²) in [6.07, 6.45) is 7.53. The van der Waals surface area contributed by atoms with Crippen molar-refractivity contribution in [3.63, 3.8) is 0 Å². The monoisotopic (exact) mass is 290 g/mol. The largest absolute Gasteiger partial charge is 0.381 e. The van der Waals surface area contributed by atoms with Crippen LogP contribution in [0.5, 0.6) is 0 Å². The molecule has 0 aromatic rings. The van der Waals surface area contributed by atoms with Crippen molar-refractivity contribution < 1.29 is 9.53 Å². The van der Waals surface area contributed by atoms with Crippen LogP contribution in [0.4, 0.5) is 0 Å². The SMILES string of the molecule is Cl.NC1CCCCC1CC(=O)NCC1CCCOC1. The van der Waals surface area contributed by atoms with Crippen LogP contribution in [0.25, 0.3) is 0 Å². The molecular formula is C14H27ClN2O2. The number of rotatable bonds is 4. The van der Waals surface area contributed by atoms with E-state index < -0.39 is 0 Å². The van der Waals surface area contributed by atoms with Crippen molar-refractivity contribution in [2.45, 2.75) is 51.0 Å². The minimum absolute atomic E-state index is 0. The van der Waals surface area contributed by atoms with E-state index in [0.717, 1.165) is 39.0 Å². The number of nitrogens with one attached hydrogen (secondary N) is 1. The van der Waals surface area contributed by atoms with Gasteiger partial charge in [-0.05, 0) is 37.5 Å². The van der Waals surface area contributed by atoms with Gasteiger partial charge in [0.15, 0.2) is 0 Å². The molecule has 3 unspecified atom stereocenters. The van der Waals surface area contributed by atoms with E-state index in [1.54, 1.807) is 0 Å². The van der Waals surface area contributed by atoms with Crippen LogP contribution >= 0.6 is 12.4 Å². The summed E-state index contributed by atoms with van der Waals surface area (Å²) in [5.74, 6) is 1.06. The molecule has 1 saturated heterocycles. The van der Waals surface area contributed by atoms with Gasteiger partial charge in [-0.25, -0.2) is 0 Å². The molecule has 0 aromatic heterocycles. The molecule has 3 N–H and O–H groups in total. The predicted octanol–water partition coefficient (Wildman–Crippen LogP) is 1.86. The Labute approximate surface area is 122 Å². The maximum atomic E-state index is 11.9. The van der Waals surface area contributed by atoms with Crippen molar-refractivity contribution in [3.8, 4) is 0 Å². The average Bonchev–Trinajstić information content (AvgIpc) is 2.40. The van der Waals surface area contributed by atoms with E-state index in [2.05, 4.69) is 5.32 Å². The van der Waals surface area contributed by atoms with Gasteiger partial charge < -0.3 is 15.8 Å². The van der Waals surface area contributed by atoms with E-state index in [-0.39, 0.29) is 24.4 Å². The minimum atomic E-state index is 0. The summed E-state index contributed by atoms with van der Waals surface area (Å²) in [5.41, 5.74) is 6.07. The zero-order valence-electron chi connectivity index (χ0n) is 11.6. The van der Waals surface area contributed by atoms with Crippen molar-refractivity contribution in [3.05, 3.63) is 0 Å². The Morgan fingerprint density at radius 2 is 2.00 bits per heavy atom. The van der Waals surface area contributed by atoms with Crippen LogP contribution in [0.15, 0.2) is 0 Å². The first-order chi connectivity index (χ1) is 8.75. The molecule has 1 saturated carbocycles. The zero-order valence-corrected chi connectivity index (χ0v) is 12.4. The number of carbonyl (C=O) groups excluding carboxylic acids is 1. The van der Waals surface area contributed by atoms with Crippen LogP contribution in [0, 0.1) is 11.8 Å². The highest BCUT2D eigenvalue weighted by Gasteiger charge is 2.24. The summed E-state index contributed by atoms with van der Waals surface area (Å²) in [7, 11) is 0. The highest BCUT2D eigenvalue weighted by atomic mass is 35.5. The molecule has 4 nitrogen and oxygen atoms in total. The summed E-state index contributed by atoms with van der Waals surface area (Å²) in [4.78, 5) is 11.9. The number of ether oxygens (including phenoxy) is 1. The number of carbonyl (C=O) groups is 1. The lowest BCUT2D eigenvalue weighted by Crippen LogP contribution is -2.39. The number of amides is 1. The molecule has 0 bridgehead atoms. The fourth-order valence-electron chi connectivity index (χ4n) is 3.03. The van der Waals surface area contributed by atoms with Gasteiger partial charge in [0.25, 0.3) is 0 Å². The smallest absolute Gasteiger partial charge is 0.220 e. The van der Waals surface area contributed by atoms with Gasteiger partial charge in [-0.15, -0.1) is 12.4 Å². The van der Waals surface area contributed by atoms with Crippen LogP contribution in [-0.4, -0.2) is 31.7 Å². The van der Waals surface area contributed by atoms with Gasteiger partial charge in [0.1, 0.15) is 0 Å². The number of nitrogens with two attached hydrogens (primary N) is 1. The molecule has 2 fully saturated rings. The van der Waals surface area contributed by atoms with E-state index in [4.69, 9.17) is 10.5 Å². The van der Waals surface area contributed by atoms with Crippen molar-refractivity contribution in [2.24, 2.45) is 17.6 Å². The molecule has 112 valence electrons. The standard InChI is InChI=1S/C14H26N2O2.ClH/c15-13-6-2-1-5-12(13)8-14(17)16-9-11-4-3-7-18-10-11;/h11-13H,1-10,15H2,(H,16,17);1H. The number of hydrogen-bond acceptors (Lipinski definition) is 3. The van der Waals surface area contributed by atoms with Gasteiger partial charge in [-0.1, -0.05) is 12.8 Å². The Kier molecular flexibility index (Phi) is 7.73. The molecule has 2 aliphatic rings. The quantitative estimate of drug-likeness (QED) is 0.831. The first-order valence-electron chi connectivity index (χ1n) is 7.35. The Hall–Kier alpha value is -0.320. The van der Waals surface area contributed by atoms with Gasteiger partial charge in [0.05, 0.1) is 6.61 Å². The third-order valence-corrected chi connectivity index (χ3v) is 4.26. The molecule has 1 aliphatic heterocycles. The van der Waals surface area contributed by atoms with Crippen molar-refractivity contribution in [2.75, 3.05) is 19.8 Å². The second-order valence-corrected chi connectivity index (χ2v) is 5.80. The van der Waals surface area contributed by atoms with E-state index in [1.807, 2.05) is 0 Å². The summed E-state index contributed by atoms with van der Waals surface area (Å²) in [6.45, 7) is 2.44. The van der Waals surface area contributed by atoms with Gasteiger partial charge in [0, 0.05) is 25.6 Å². The van der Waals surface area contributed by atoms with E-state index in [1.165, 1.54) is 19.3 Å². The molecule has 1 aliphatic carbocycles. The molecule has 1 heterocycles. The van der Waals surface area contributed by atoms with Crippen molar-refractivity contribution >= 4 is 18.3 Å². The topological polar surface area (TPSA) is 64.4 Å². The minimum Gasteiger partial charge on any atom is -0.381 e. The molecule has 19 heavy (non-hydrogen) atoms. The highest BCUT2D eigenvalue weighted by Crippen LogP contribution is 2.25. The molecule has 3 atom stereocenters. The molecule has 0 aromatic carbocycles. The van der Waals surface area contributed by atoms with Crippen molar-refractivity contribution in [1.29, 1.82) is 0 Å². The molecule has 2 rings (SSSR count). The average molecular weight is 291 g/mol. The van der Waals surface area contributed by atoms with Crippen LogP contribution in [0.2, 0.25) is 0 Å². The fourth-order valence-corrected chi connectivity index (χ4v) is 3.03. The summed E-state index contributed by atoms with van der Waals surface area (Å²) in [6, 6.07) is 0.225. The van der Waals surface area contributed by atoms with E-state index in [9.17, 15) is 4.79 Å². The van der Waals surface area contributed by atoms with Crippen molar-refractivity contribution in [1.82, 2.24) is 5.32 Å². The lowest BCUT2D eigenvalue weighted by atomic mass is 9.83. The van der Waals surface area contributed by atoms with Crippen LogP contribution in [0.1, 0.15) is 44.9 Å². The Balaban J connectivity index is 0.00000180. The van der Waals surface area contributed by atoms with Gasteiger partial charge >= 0.3 is 0 Å². The molecule has 5 heteroatoms. The Morgan fingerprint density at radius 1 is 1.21 bits per heavy atom. The van der Waals surface area contributed by atoms with Crippen LogP contribution < -0.4 is 11.1 Å². The lowest BCUT2D eigenvalue weighted by Gasteiger charge is -2.28. The van der Waals surface area contributed by atoms with Gasteiger partial charge in [-0.2, -0.15) is 0 Å². The molecule has 1 amide bonds. The fraction of sp³-hybridized carbons (Fsp3) is 0.929. The Bertz CT molecular complexity index is 270. The first-order valence-corrected chi connectivity index (χ1v) is 7.35. The number of halogens is 1. The maximum absolute atomic E-state index is 11.9. The Morgan fingerprint density at radius 3 is 2.68 bits per heavy atom. The second kappa shape index (κ2) is 8.77. The maximum Gasteiger partial charge on any atom is 0.220 e. The molecule has 0 spiro atoms. The van der Waals surface area contributed by atoms with Crippen LogP contribution in [-0.2, 0) is 9.53 Å². The highest BCUT2D eigenvalue weighted by molar-refractivity contribution is 5.85. The lowest BCUT2D eigenvalue weighted by molar-refractivity contribution is -0.122. The molecular weight excluding hydrogens is 264 g/mol. The van der Waals surface area contributed by atoms with Gasteiger partial charge in [-0.3, -0.25) is 4.79 Å². The summed E-state index contributed by atoms with van der Waals surface area (Å²) >= 11 is 0. The second-order valence-electron chi connectivity index (χ2n) is 5.80. The first kappa shape index (κ1) is 16.7. The summed E-state index contributed by atoms with van der Waals surface area (Å²) < 4.78 is 5.41. The van der Waals surface area contributed by atoms with E-state index >= 15 is 0 Å². The third-order valence-electron chi connectivity index (χ3n) is 4.26. The van der Waals surface area contributed by atoms with Crippen LogP contribution in [0.3, 0.4) is 0 Å².